The second-order valence-corrected chi connectivity index (χ2v) is 5.54. The molecule has 0 aliphatic carbocycles. The van der Waals surface area contributed by atoms with Crippen LogP contribution in [0.3, 0.4) is 0 Å². The average Bonchev–Trinajstić information content (AvgIpc) is 2.39. The van der Waals surface area contributed by atoms with Gasteiger partial charge in [0.2, 0.25) is 0 Å². The van der Waals surface area contributed by atoms with Gasteiger partial charge in [0.15, 0.2) is 0 Å². The van der Waals surface area contributed by atoms with Crippen molar-refractivity contribution in [2.24, 2.45) is 5.84 Å². The van der Waals surface area contributed by atoms with Crippen LogP contribution in [0.4, 0.5) is 5.69 Å². The average molecular weight is 391 g/mol. The normalized spacial score (nSPS) is 10.8. The smallest absolute Gasteiger partial charge is 0.144 e. The molecule has 2 rings (SSSR count). The number of nitrogens with two attached hydrogens (primary N) is 1. The fourth-order valence-electron chi connectivity index (χ4n) is 1.90. The minimum Gasteiger partial charge on any atom is -0.495 e. The third-order valence-electron chi connectivity index (χ3n) is 2.65. The Morgan fingerprint density at radius 2 is 2.00 bits per heavy atom. The third kappa shape index (κ3) is 2.69. The molecule has 7 heteroatoms. The summed E-state index contributed by atoms with van der Waals surface area (Å²) in [6.45, 7) is 0.412. The van der Waals surface area contributed by atoms with Crippen molar-refractivity contribution >= 4 is 48.5 Å². The molecule has 0 spiro atoms. The Morgan fingerprint density at radius 1 is 1.26 bits per heavy atom. The molecule has 2 aromatic rings. The van der Waals surface area contributed by atoms with Crippen LogP contribution in [0, 0.1) is 0 Å². The van der Waals surface area contributed by atoms with Crippen LogP contribution in [-0.2, 0) is 11.3 Å². The van der Waals surface area contributed by atoms with Crippen molar-refractivity contribution in [3.63, 3.8) is 0 Å². The van der Waals surface area contributed by atoms with Crippen LogP contribution in [0.5, 0.6) is 5.75 Å². The Balaban J connectivity index is 2.84. The van der Waals surface area contributed by atoms with Crippen molar-refractivity contribution in [1.29, 1.82) is 0 Å². The van der Waals surface area contributed by atoms with Crippen molar-refractivity contribution in [2.45, 2.75) is 6.61 Å². The number of methoxy groups -OCH3 is 2. The Bertz CT molecular complexity index is 620. The molecule has 5 nitrogen and oxygen atoms in total. The molecule has 0 aliphatic rings. The first-order valence-electron chi connectivity index (χ1n) is 5.43. The Morgan fingerprint density at radius 3 is 2.58 bits per heavy atom. The zero-order chi connectivity index (χ0) is 14.0. The maximum Gasteiger partial charge on any atom is 0.144 e. The van der Waals surface area contributed by atoms with Crippen molar-refractivity contribution in [2.75, 3.05) is 19.6 Å². The first-order valence-corrected chi connectivity index (χ1v) is 7.02. The Hall–Kier alpha value is -0.890. The third-order valence-corrected chi connectivity index (χ3v) is 3.84. The van der Waals surface area contributed by atoms with Crippen molar-refractivity contribution in [3.05, 3.63) is 26.8 Å². The number of hydrazine groups is 1. The number of halogens is 2. The first-order chi connectivity index (χ1) is 9.12. The van der Waals surface area contributed by atoms with Gasteiger partial charge in [-0.1, -0.05) is 0 Å². The summed E-state index contributed by atoms with van der Waals surface area (Å²) in [4.78, 5) is 4.55. The van der Waals surface area contributed by atoms with Gasteiger partial charge in [-0.15, -0.1) is 0 Å². The van der Waals surface area contributed by atoms with E-state index in [1.807, 2.05) is 12.1 Å². The lowest BCUT2D eigenvalue weighted by molar-refractivity contribution is 0.182. The SMILES string of the molecule is COCc1cc(NN)c2c(OC)c(Br)cc(Br)c2n1. The lowest BCUT2D eigenvalue weighted by Crippen LogP contribution is -2.09. The molecule has 19 heavy (non-hydrogen) atoms. The maximum absolute atomic E-state index is 5.60. The van der Waals surface area contributed by atoms with Gasteiger partial charge in [0.1, 0.15) is 5.75 Å². The molecule has 1 heterocycles. The predicted molar refractivity (Wildman–Crippen MR) is 82.2 cm³/mol. The van der Waals surface area contributed by atoms with Crippen LogP contribution < -0.4 is 16.0 Å². The van der Waals surface area contributed by atoms with Crippen LogP contribution >= 0.6 is 31.9 Å². The molecule has 0 radical (unpaired) electrons. The number of nitrogens with one attached hydrogen (secondary N) is 1. The Labute approximate surface area is 127 Å². The minimum absolute atomic E-state index is 0.412. The quantitative estimate of drug-likeness (QED) is 0.619. The lowest BCUT2D eigenvalue weighted by Gasteiger charge is -2.14. The molecule has 0 saturated heterocycles. The first kappa shape index (κ1) is 14.5. The van der Waals surface area contributed by atoms with Gasteiger partial charge in [-0.25, -0.2) is 4.98 Å². The summed E-state index contributed by atoms with van der Waals surface area (Å²) in [5.74, 6) is 6.28. The highest BCUT2D eigenvalue weighted by Crippen LogP contribution is 2.41. The highest BCUT2D eigenvalue weighted by Gasteiger charge is 2.16. The van der Waals surface area contributed by atoms with E-state index in [4.69, 9.17) is 15.3 Å². The number of fused-ring (bicyclic) bond motifs is 1. The van der Waals surface area contributed by atoms with Gasteiger partial charge in [-0.2, -0.15) is 0 Å². The van der Waals surface area contributed by atoms with E-state index in [1.165, 1.54) is 0 Å². The molecule has 0 aliphatic heterocycles. The Kier molecular flexibility index (Phi) is 4.62. The minimum atomic E-state index is 0.412. The molecular formula is C12H13Br2N3O2. The number of hydrogen-bond donors (Lipinski definition) is 2. The molecule has 0 fully saturated rings. The summed E-state index contributed by atoms with van der Waals surface area (Å²) < 4.78 is 12.2. The monoisotopic (exact) mass is 389 g/mol. The summed E-state index contributed by atoms with van der Waals surface area (Å²) in [5, 5.41) is 0.811. The van der Waals surface area contributed by atoms with Gasteiger partial charge in [0.25, 0.3) is 0 Å². The number of benzene rings is 1. The number of nitrogens with zero attached hydrogens (tertiary/aromatic N) is 1. The fourth-order valence-corrected chi connectivity index (χ4v) is 3.31. The zero-order valence-electron chi connectivity index (χ0n) is 10.5. The molecule has 0 amide bonds. The molecule has 1 aromatic carbocycles. The number of ether oxygens (including phenoxy) is 2. The van der Waals surface area contributed by atoms with E-state index in [9.17, 15) is 0 Å². The molecule has 102 valence electrons. The number of pyridine rings is 1. The van der Waals surface area contributed by atoms with Gasteiger partial charge in [-0.3, -0.25) is 5.84 Å². The van der Waals surface area contributed by atoms with E-state index in [-0.39, 0.29) is 0 Å². The molecule has 0 atom stereocenters. The van der Waals surface area contributed by atoms with Crippen molar-refractivity contribution < 1.29 is 9.47 Å². The summed E-state index contributed by atoms with van der Waals surface area (Å²) in [5.41, 5.74) is 4.96. The van der Waals surface area contributed by atoms with Crippen LogP contribution in [0.15, 0.2) is 21.1 Å². The second-order valence-electron chi connectivity index (χ2n) is 3.84. The lowest BCUT2D eigenvalue weighted by atomic mass is 10.1. The van der Waals surface area contributed by atoms with Crippen LogP contribution in [-0.4, -0.2) is 19.2 Å². The van der Waals surface area contributed by atoms with E-state index in [2.05, 4.69) is 42.3 Å². The van der Waals surface area contributed by atoms with Gasteiger partial charge in [0.05, 0.1) is 40.5 Å². The molecular weight excluding hydrogens is 378 g/mol. The van der Waals surface area contributed by atoms with E-state index >= 15 is 0 Å². The van der Waals surface area contributed by atoms with Gasteiger partial charge >= 0.3 is 0 Å². The van der Waals surface area contributed by atoms with Gasteiger partial charge < -0.3 is 14.9 Å². The molecule has 0 bridgehead atoms. The van der Waals surface area contributed by atoms with Crippen LogP contribution in [0.2, 0.25) is 0 Å². The summed E-state index contributed by atoms with van der Waals surface area (Å²) in [6.07, 6.45) is 0. The highest BCUT2D eigenvalue weighted by atomic mass is 79.9. The highest BCUT2D eigenvalue weighted by molar-refractivity contribution is 9.11. The van der Waals surface area contributed by atoms with Crippen molar-refractivity contribution in [3.8, 4) is 5.75 Å². The molecule has 1 aromatic heterocycles. The zero-order valence-corrected chi connectivity index (χ0v) is 13.6. The van der Waals surface area contributed by atoms with Crippen LogP contribution in [0.25, 0.3) is 10.9 Å². The summed E-state index contributed by atoms with van der Waals surface area (Å²) in [7, 11) is 3.23. The van der Waals surface area contributed by atoms with E-state index in [1.54, 1.807) is 14.2 Å². The summed E-state index contributed by atoms with van der Waals surface area (Å²) >= 11 is 6.97. The summed E-state index contributed by atoms with van der Waals surface area (Å²) in [6, 6.07) is 3.73. The van der Waals surface area contributed by atoms with E-state index in [0.29, 0.717) is 12.4 Å². The van der Waals surface area contributed by atoms with Gasteiger partial charge in [0, 0.05) is 11.6 Å². The number of nitrogen functional groups attached to an aromatic ring is 1. The van der Waals surface area contributed by atoms with Crippen molar-refractivity contribution in [1.82, 2.24) is 4.98 Å². The van der Waals surface area contributed by atoms with E-state index < -0.39 is 0 Å². The topological polar surface area (TPSA) is 69.4 Å². The standard InChI is InChI=1S/C12H13Br2N3O2/c1-18-5-6-3-9(17-15)10-11(16-6)7(13)4-8(14)12(10)19-2/h3-4H,5,15H2,1-2H3,(H,16,17). The number of aromatic nitrogens is 1. The van der Waals surface area contributed by atoms with Gasteiger partial charge in [-0.05, 0) is 44.0 Å². The number of rotatable bonds is 4. The fraction of sp³-hybridized carbons (Fsp3) is 0.250. The number of hydrogen-bond acceptors (Lipinski definition) is 5. The predicted octanol–water partition coefficient (Wildman–Crippen LogP) is 3.20. The number of anilines is 1. The maximum atomic E-state index is 5.60. The van der Waals surface area contributed by atoms with Crippen LogP contribution in [0.1, 0.15) is 5.69 Å². The largest absolute Gasteiger partial charge is 0.495 e. The second kappa shape index (κ2) is 6.04. The molecule has 0 saturated carbocycles. The molecule has 0 unspecified atom stereocenters. The van der Waals surface area contributed by atoms with E-state index in [0.717, 1.165) is 31.2 Å². The molecule has 3 N–H and O–H groups in total.